The van der Waals surface area contributed by atoms with Gasteiger partial charge in [0.1, 0.15) is 11.7 Å². The third-order valence-corrected chi connectivity index (χ3v) is 2.97. The van der Waals surface area contributed by atoms with Crippen molar-refractivity contribution in [2.75, 3.05) is 12.4 Å². The number of hydrogen-bond acceptors (Lipinski definition) is 5. The predicted octanol–water partition coefficient (Wildman–Crippen LogP) is 2.29. The van der Waals surface area contributed by atoms with Gasteiger partial charge in [-0.05, 0) is 19.1 Å². The van der Waals surface area contributed by atoms with Crippen LogP contribution in [0.15, 0.2) is 48.7 Å². The quantitative estimate of drug-likeness (QED) is 0.674. The summed E-state index contributed by atoms with van der Waals surface area (Å²) in [6.07, 6.45) is 1.53. The SMILES string of the molecule is COC(=O)C(C)Nc1ccnc(C(=O)c2ccccc2)c1. The third-order valence-electron chi connectivity index (χ3n) is 2.97. The van der Waals surface area contributed by atoms with Gasteiger partial charge in [-0.15, -0.1) is 0 Å². The maximum atomic E-state index is 12.3. The Balaban J connectivity index is 2.18. The van der Waals surface area contributed by atoms with E-state index in [2.05, 4.69) is 15.0 Å². The molecule has 0 aliphatic rings. The van der Waals surface area contributed by atoms with Crippen LogP contribution in [0.3, 0.4) is 0 Å². The van der Waals surface area contributed by atoms with Gasteiger partial charge in [0.15, 0.2) is 0 Å². The van der Waals surface area contributed by atoms with E-state index >= 15 is 0 Å². The molecular formula is C16H16N2O3. The Morgan fingerprint density at radius 1 is 1.19 bits per heavy atom. The van der Waals surface area contributed by atoms with E-state index in [0.29, 0.717) is 16.9 Å². The second kappa shape index (κ2) is 6.65. The number of nitrogens with one attached hydrogen (secondary N) is 1. The molecule has 0 fully saturated rings. The van der Waals surface area contributed by atoms with E-state index in [-0.39, 0.29) is 11.8 Å². The number of nitrogens with zero attached hydrogens (tertiary/aromatic N) is 1. The first kappa shape index (κ1) is 14.7. The van der Waals surface area contributed by atoms with Crippen molar-refractivity contribution in [1.29, 1.82) is 0 Å². The fraction of sp³-hybridized carbons (Fsp3) is 0.188. The molecule has 2 rings (SSSR count). The Morgan fingerprint density at radius 3 is 2.57 bits per heavy atom. The summed E-state index contributed by atoms with van der Waals surface area (Å²) in [5, 5.41) is 2.97. The van der Waals surface area contributed by atoms with Crippen molar-refractivity contribution in [3.63, 3.8) is 0 Å². The van der Waals surface area contributed by atoms with Gasteiger partial charge in [0.2, 0.25) is 5.78 Å². The Labute approximate surface area is 123 Å². The van der Waals surface area contributed by atoms with E-state index in [9.17, 15) is 9.59 Å². The van der Waals surface area contributed by atoms with Crippen molar-refractivity contribution in [1.82, 2.24) is 4.98 Å². The minimum absolute atomic E-state index is 0.162. The number of benzene rings is 1. The Hall–Kier alpha value is -2.69. The van der Waals surface area contributed by atoms with Crippen LogP contribution < -0.4 is 5.32 Å². The molecule has 0 radical (unpaired) electrons. The van der Waals surface area contributed by atoms with Crippen LogP contribution in [-0.4, -0.2) is 29.9 Å². The maximum absolute atomic E-state index is 12.3. The van der Waals surface area contributed by atoms with E-state index in [4.69, 9.17) is 0 Å². The first-order valence-corrected chi connectivity index (χ1v) is 6.52. The summed E-state index contributed by atoms with van der Waals surface area (Å²) in [7, 11) is 1.33. The van der Waals surface area contributed by atoms with E-state index in [1.165, 1.54) is 13.3 Å². The highest BCUT2D eigenvalue weighted by molar-refractivity contribution is 6.08. The van der Waals surface area contributed by atoms with Gasteiger partial charge in [0.05, 0.1) is 7.11 Å². The molecular weight excluding hydrogens is 268 g/mol. The summed E-state index contributed by atoms with van der Waals surface area (Å²) in [6, 6.07) is 11.7. The van der Waals surface area contributed by atoms with Crippen LogP contribution in [0.25, 0.3) is 0 Å². The standard InChI is InChI=1S/C16H16N2O3/c1-11(16(20)21-2)18-13-8-9-17-14(10-13)15(19)12-6-4-3-5-7-12/h3-11H,1-2H3,(H,17,18). The number of anilines is 1. The average Bonchev–Trinajstić information content (AvgIpc) is 2.54. The lowest BCUT2D eigenvalue weighted by atomic mass is 10.1. The lowest BCUT2D eigenvalue weighted by molar-refractivity contribution is -0.141. The van der Waals surface area contributed by atoms with E-state index in [1.54, 1.807) is 43.3 Å². The molecule has 5 nitrogen and oxygen atoms in total. The zero-order valence-electron chi connectivity index (χ0n) is 11.9. The fourth-order valence-corrected chi connectivity index (χ4v) is 1.87. The summed E-state index contributed by atoms with van der Waals surface area (Å²) >= 11 is 0. The molecule has 0 saturated heterocycles. The molecule has 0 saturated carbocycles. The highest BCUT2D eigenvalue weighted by Gasteiger charge is 2.14. The molecule has 108 valence electrons. The normalized spacial score (nSPS) is 11.5. The van der Waals surface area contributed by atoms with E-state index in [1.807, 2.05) is 6.07 Å². The molecule has 0 aliphatic carbocycles. The summed E-state index contributed by atoms with van der Waals surface area (Å²) in [4.78, 5) is 27.8. The molecule has 1 N–H and O–H groups in total. The van der Waals surface area contributed by atoms with Gasteiger partial charge in [0.25, 0.3) is 0 Å². The average molecular weight is 284 g/mol. The van der Waals surface area contributed by atoms with Gasteiger partial charge < -0.3 is 10.1 Å². The van der Waals surface area contributed by atoms with Crippen molar-refractivity contribution in [3.05, 3.63) is 59.9 Å². The number of carbonyl (C=O) groups excluding carboxylic acids is 2. The summed E-state index contributed by atoms with van der Waals surface area (Å²) in [5.41, 5.74) is 1.54. The van der Waals surface area contributed by atoms with Crippen LogP contribution in [0.5, 0.6) is 0 Å². The van der Waals surface area contributed by atoms with Gasteiger partial charge in [-0.25, -0.2) is 4.79 Å². The molecule has 1 aromatic heterocycles. The van der Waals surface area contributed by atoms with Crippen molar-refractivity contribution in [3.8, 4) is 0 Å². The van der Waals surface area contributed by atoms with Crippen molar-refractivity contribution >= 4 is 17.4 Å². The topological polar surface area (TPSA) is 68.3 Å². The monoisotopic (exact) mass is 284 g/mol. The van der Waals surface area contributed by atoms with Crippen molar-refractivity contribution < 1.29 is 14.3 Å². The number of ether oxygens (including phenoxy) is 1. The van der Waals surface area contributed by atoms with Crippen molar-refractivity contribution in [2.24, 2.45) is 0 Å². The lowest BCUT2D eigenvalue weighted by Gasteiger charge is -2.13. The molecule has 5 heteroatoms. The number of aromatic nitrogens is 1. The van der Waals surface area contributed by atoms with Crippen LogP contribution in [0.4, 0.5) is 5.69 Å². The van der Waals surface area contributed by atoms with Gasteiger partial charge in [0, 0.05) is 17.4 Å². The van der Waals surface area contributed by atoms with Gasteiger partial charge in [-0.2, -0.15) is 0 Å². The van der Waals surface area contributed by atoms with E-state index in [0.717, 1.165) is 0 Å². The van der Waals surface area contributed by atoms with Gasteiger partial charge in [-0.3, -0.25) is 9.78 Å². The summed E-state index contributed by atoms with van der Waals surface area (Å²) in [6.45, 7) is 1.69. The Kier molecular flexibility index (Phi) is 4.66. The van der Waals surface area contributed by atoms with Gasteiger partial charge >= 0.3 is 5.97 Å². The second-order valence-electron chi connectivity index (χ2n) is 4.51. The number of hydrogen-bond donors (Lipinski definition) is 1. The number of carbonyl (C=O) groups is 2. The number of esters is 1. The highest BCUT2D eigenvalue weighted by atomic mass is 16.5. The minimum Gasteiger partial charge on any atom is -0.467 e. The molecule has 0 bridgehead atoms. The minimum atomic E-state index is -0.503. The maximum Gasteiger partial charge on any atom is 0.327 e. The largest absolute Gasteiger partial charge is 0.467 e. The van der Waals surface area contributed by atoms with Gasteiger partial charge in [-0.1, -0.05) is 30.3 Å². The highest BCUT2D eigenvalue weighted by Crippen LogP contribution is 2.13. The zero-order valence-corrected chi connectivity index (χ0v) is 11.9. The molecule has 1 aromatic carbocycles. The molecule has 1 heterocycles. The molecule has 0 spiro atoms. The molecule has 2 aromatic rings. The lowest BCUT2D eigenvalue weighted by Crippen LogP contribution is -2.27. The molecule has 1 unspecified atom stereocenters. The smallest absolute Gasteiger partial charge is 0.327 e. The van der Waals surface area contributed by atoms with Crippen LogP contribution in [0.2, 0.25) is 0 Å². The first-order chi connectivity index (χ1) is 10.1. The Morgan fingerprint density at radius 2 is 1.90 bits per heavy atom. The number of ketones is 1. The van der Waals surface area contributed by atoms with Crippen molar-refractivity contribution in [2.45, 2.75) is 13.0 Å². The third kappa shape index (κ3) is 3.66. The Bertz CT molecular complexity index is 641. The number of methoxy groups -OCH3 is 1. The first-order valence-electron chi connectivity index (χ1n) is 6.52. The predicted molar refractivity (Wildman–Crippen MR) is 79.2 cm³/mol. The van der Waals surface area contributed by atoms with E-state index < -0.39 is 6.04 Å². The summed E-state index contributed by atoms with van der Waals surface area (Å²) in [5.74, 6) is -0.535. The second-order valence-corrected chi connectivity index (χ2v) is 4.51. The van der Waals surface area contributed by atoms with Crippen LogP contribution in [-0.2, 0) is 9.53 Å². The number of pyridine rings is 1. The van der Waals surface area contributed by atoms with Crippen LogP contribution in [0, 0.1) is 0 Å². The summed E-state index contributed by atoms with van der Waals surface area (Å²) < 4.78 is 4.65. The molecule has 0 aliphatic heterocycles. The zero-order chi connectivity index (χ0) is 15.2. The van der Waals surface area contributed by atoms with Crippen LogP contribution >= 0.6 is 0 Å². The fourth-order valence-electron chi connectivity index (χ4n) is 1.87. The van der Waals surface area contributed by atoms with Crippen LogP contribution in [0.1, 0.15) is 23.0 Å². The molecule has 0 amide bonds. The molecule has 1 atom stereocenters. The molecule has 21 heavy (non-hydrogen) atoms. The number of rotatable bonds is 5.